The van der Waals surface area contributed by atoms with Crippen LogP contribution in [0.1, 0.15) is 29.3 Å². The summed E-state index contributed by atoms with van der Waals surface area (Å²) in [6.07, 6.45) is -0.327. The molecule has 3 aromatic carbocycles. The molecule has 2 atom stereocenters. The third-order valence-electron chi connectivity index (χ3n) is 6.41. The molecule has 174 valence electrons. The number of benzene rings is 3. The van der Waals surface area contributed by atoms with Crippen molar-refractivity contribution in [3.8, 4) is 5.75 Å². The number of aryl methyl sites for hydroxylation is 2. The molecular weight excluding hydrogens is 426 g/mol. The molecule has 0 radical (unpaired) electrons. The highest BCUT2D eigenvalue weighted by Gasteiger charge is 2.35. The number of para-hydroxylation sites is 3. The van der Waals surface area contributed by atoms with Crippen molar-refractivity contribution in [1.29, 1.82) is 0 Å². The number of ether oxygens (including phenoxy) is 1. The van der Waals surface area contributed by atoms with Gasteiger partial charge in [-0.1, -0.05) is 42.5 Å². The monoisotopic (exact) mass is 455 g/mol. The third-order valence-corrected chi connectivity index (χ3v) is 6.41. The van der Waals surface area contributed by atoms with Crippen molar-refractivity contribution in [2.24, 2.45) is 0 Å². The standard InChI is InChI=1S/C28H29N3O3/c1-19-12-13-20(2)26(14-19)34-18-23(32)17-31-25-11-7-6-10-24(25)29-28(31)21-15-27(33)30(16-21)22-8-4-3-5-9-22/h3-14,21,23,32H,15-18H2,1-2H3/t21-,23-/m1/s1. The van der Waals surface area contributed by atoms with Gasteiger partial charge < -0.3 is 19.3 Å². The van der Waals surface area contributed by atoms with Crippen molar-refractivity contribution in [3.63, 3.8) is 0 Å². The highest BCUT2D eigenvalue weighted by Crippen LogP contribution is 2.33. The molecule has 0 saturated carbocycles. The zero-order valence-corrected chi connectivity index (χ0v) is 19.5. The average Bonchev–Trinajstić information content (AvgIpc) is 3.41. The molecule has 1 fully saturated rings. The third kappa shape index (κ3) is 4.41. The number of nitrogens with zero attached hydrogens (tertiary/aromatic N) is 3. The van der Waals surface area contributed by atoms with Crippen LogP contribution in [0.15, 0.2) is 72.8 Å². The lowest BCUT2D eigenvalue weighted by Crippen LogP contribution is -2.26. The fourth-order valence-corrected chi connectivity index (χ4v) is 4.65. The van der Waals surface area contributed by atoms with Gasteiger partial charge in [0.1, 0.15) is 24.3 Å². The van der Waals surface area contributed by atoms with Crippen molar-refractivity contribution in [2.45, 2.75) is 38.8 Å². The molecule has 0 bridgehead atoms. The van der Waals surface area contributed by atoms with Crippen molar-refractivity contribution in [2.75, 3.05) is 18.1 Å². The number of carbonyl (C=O) groups is 1. The van der Waals surface area contributed by atoms with Gasteiger partial charge >= 0.3 is 0 Å². The predicted molar refractivity (Wildman–Crippen MR) is 133 cm³/mol. The van der Waals surface area contributed by atoms with Crippen LogP contribution in [-0.4, -0.2) is 39.8 Å². The quantitative estimate of drug-likeness (QED) is 0.442. The second-order valence-electron chi connectivity index (χ2n) is 9.04. The van der Waals surface area contributed by atoms with Gasteiger partial charge in [-0.15, -0.1) is 0 Å². The minimum atomic E-state index is -0.724. The Labute approximate surface area is 199 Å². The Morgan fingerprint density at radius 1 is 1.06 bits per heavy atom. The van der Waals surface area contributed by atoms with Crippen LogP contribution < -0.4 is 9.64 Å². The Hall–Kier alpha value is -3.64. The Kier molecular flexibility index (Phi) is 6.07. The molecule has 5 rings (SSSR count). The largest absolute Gasteiger partial charge is 0.491 e. The van der Waals surface area contributed by atoms with E-state index in [9.17, 15) is 9.90 Å². The Morgan fingerprint density at radius 3 is 2.65 bits per heavy atom. The summed E-state index contributed by atoms with van der Waals surface area (Å²) in [5.41, 5.74) is 4.88. The maximum absolute atomic E-state index is 12.8. The van der Waals surface area contributed by atoms with Crippen LogP contribution in [0.2, 0.25) is 0 Å². The van der Waals surface area contributed by atoms with Crippen LogP contribution in [0.5, 0.6) is 5.75 Å². The van der Waals surface area contributed by atoms with Crippen LogP contribution in [-0.2, 0) is 11.3 Å². The lowest BCUT2D eigenvalue weighted by molar-refractivity contribution is -0.117. The van der Waals surface area contributed by atoms with Gasteiger partial charge in [-0.3, -0.25) is 4.79 Å². The number of fused-ring (bicyclic) bond motifs is 1. The number of hydrogen-bond acceptors (Lipinski definition) is 4. The summed E-state index contributed by atoms with van der Waals surface area (Å²) in [7, 11) is 0. The Balaban J connectivity index is 1.38. The minimum Gasteiger partial charge on any atom is -0.491 e. The molecule has 4 aromatic rings. The number of aromatic nitrogens is 2. The summed E-state index contributed by atoms with van der Waals surface area (Å²) in [6.45, 7) is 5.11. The van der Waals surface area contributed by atoms with Crippen LogP contribution in [0.25, 0.3) is 11.0 Å². The lowest BCUT2D eigenvalue weighted by atomic mass is 10.1. The molecule has 6 nitrogen and oxygen atoms in total. The Morgan fingerprint density at radius 2 is 1.82 bits per heavy atom. The van der Waals surface area contributed by atoms with Crippen LogP contribution in [0.4, 0.5) is 5.69 Å². The van der Waals surface area contributed by atoms with E-state index in [2.05, 4.69) is 4.57 Å². The summed E-state index contributed by atoms with van der Waals surface area (Å²) < 4.78 is 8.01. The predicted octanol–water partition coefficient (Wildman–Crippen LogP) is 4.61. The summed E-state index contributed by atoms with van der Waals surface area (Å²) in [6, 6.07) is 23.7. The number of anilines is 1. The molecule has 0 aliphatic carbocycles. The number of aliphatic hydroxyl groups is 1. The topological polar surface area (TPSA) is 67.6 Å². The fourth-order valence-electron chi connectivity index (χ4n) is 4.65. The molecule has 1 saturated heterocycles. The number of aliphatic hydroxyl groups excluding tert-OH is 1. The van der Waals surface area contributed by atoms with Crippen LogP contribution >= 0.6 is 0 Å². The first kappa shape index (κ1) is 22.2. The van der Waals surface area contributed by atoms with E-state index in [1.807, 2.05) is 91.5 Å². The van der Waals surface area contributed by atoms with Gasteiger partial charge in [-0.2, -0.15) is 0 Å². The number of carbonyl (C=O) groups excluding carboxylic acids is 1. The van der Waals surface area contributed by atoms with E-state index >= 15 is 0 Å². The minimum absolute atomic E-state index is 0.0489. The molecule has 0 unspecified atom stereocenters. The van der Waals surface area contributed by atoms with E-state index in [4.69, 9.17) is 9.72 Å². The molecule has 1 aliphatic rings. The number of imidazole rings is 1. The van der Waals surface area contributed by atoms with Gasteiger partial charge in [0.05, 0.1) is 17.6 Å². The maximum atomic E-state index is 12.8. The first-order valence-electron chi connectivity index (χ1n) is 11.7. The van der Waals surface area contributed by atoms with Gasteiger partial charge in [-0.25, -0.2) is 4.98 Å². The highest BCUT2D eigenvalue weighted by atomic mass is 16.5. The van der Waals surface area contributed by atoms with Crippen molar-refractivity contribution >= 4 is 22.6 Å². The van der Waals surface area contributed by atoms with Gasteiger partial charge in [0.25, 0.3) is 0 Å². The first-order valence-corrected chi connectivity index (χ1v) is 11.7. The molecular formula is C28H29N3O3. The fraction of sp³-hybridized carbons (Fsp3) is 0.286. The van der Waals surface area contributed by atoms with Crippen LogP contribution in [0, 0.1) is 13.8 Å². The normalized spacial score (nSPS) is 16.9. The molecule has 6 heteroatoms. The zero-order valence-electron chi connectivity index (χ0n) is 19.5. The van der Waals surface area contributed by atoms with Crippen molar-refractivity contribution in [1.82, 2.24) is 9.55 Å². The lowest BCUT2D eigenvalue weighted by Gasteiger charge is -2.19. The van der Waals surface area contributed by atoms with E-state index in [1.54, 1.807) is 0 Å². The summed E-state index contributed by atoms with van der Waals surface area (Å²) in [5, 5.41) is 10.9. The molecule has 0 spiro atoms. The average molecular weight is 456 g/mol. The van der Waals surface area contributed by atoms with E-state index in [0.29, 0.717) is 19.5 Å². The maximum Gasteiger partial charge on any atom is 0.227 e. The van der Waals surface area contributed by atoms with E-state index < -0.39 is 6.10 Å². The summed E-state index contributed by atoms with van der Waals surface area (Å²) in [4.78, 5) is 19.6. The van der Waals surface area contributed by atoms with E-state index in [0.717, 1.165) is 39.4 Å². The summed E-state index contributed by atoms with van der Waals surface area (Å²) in [5.74, 6) is 1.66. The second-order valence-corrected chi connectivity index (χ2v) is 9.04. The molecule has 1 N–H and O–H groups in total. The number of amides is 1. The smallest absolute Gasteiger partial charge is 0.227 e. The van der Waals surface area contributed by atoms with Gasteiger partial charge in [0.2, 0.25) is 5.91 Å². The molecule has 1 aromatic heterocycles. The van der Waals surface area contributed by atoms with Crippen molar-refractivity contribution in [3.05, 3.63) is 89.7 Å². The van der Waals surface area contributed by atoms with Gasteiger partial charge in [-0.05, 0) is 55.3 Å². The van der Waals surface area contributed by atoms with Gasteiger partial charge in [0, 0.05) is 24.6 Å². The molecule has 1 aliphatic heterocycles. The number of rotatable bonds is 7. The summed E-state index contributed by atoms with van der Waals surface area (Å²) >= 11 is 0. The number of hydrogen-bond donors (Lipinski definition) is 1. The van der Waals surface area contributed by atoms with Crippen LogP contribution in [0.3, 0.4) is 0 Å². The first-order chi connectivity index (χ1) is 16.5. The second kappa shape index (κ2) is 9.31. The van der Waals surface area contributed by atoms with Gasteiger partial charge in [0.15, 0.2) is 0 Å². The van der Waals surface area contributed by atoms with Crippen molar-refractivity contribution < 1.29 is 14.6 Å². The zero-order chi connectivity index (χ0) is 23.7. The van der Waals surface area contributed by atoms with E-state index in [1.165, 1.54) is 0 Å². The van der Waals surface area contributed by atoms with E-state index in [-0.39, 0.29) is 18.4 Å². The Bertz CT molecular complexity index is 1320. The molecule has 1 amide bonds. The SMILES string of the molecule is Cc1ccc(C)c(OC[C@H](O)Cn2c([C@@H]3CC(=O)N(c4ccccc4)C3)nc3ccccc32)c1. The molecule has 34 heavy (non-hydrogen) atoms. The molecule has 2 heterocycles. The highest BCUT2D eigenvalue weighted by molar-refractivity contribution is 5.96.